The molecule has 0 aliphatic heterocycles. The molecule has 3 rings (SSSR count). The van der Waals surface area contributed by atoms with E-state index in [-0.39, 0.29) is 26.7 Å². The van der Waals surface area contributed by atoms with Gasteiger partial charge in [-0.15, -0.1) is 6.58 Å². The van der Waals surface area contributed by atoms with Gasteiger partial charge in [0.05, 0.1) is 11.4 Å². The number of halogens is 6. The average Bonchev–Trinajstić information content (AvgIpc) is 3.07. The third-order valence-electron chi connectivity index (χ3n) is 4.60. The first-order valence-electron chi connectivity index (χ1n) is 9.00. The minimum Gasteiger partial charge on any atom is -0.258 e. The molecule has 0 aliphatic carbocycles. The van der Waals surface area contributed by atoms with Gasteiger partial charge in [-0.1, -0.05) is 41.9 Å². The number of benzene rings is 2. The van der Waals surface area contributed by atoms with E-state index in [0.29, 0.717) is 4.68 Å². The molecule has 32 heavy (non-hydrogen) atoms. The molecule has 11 heteroatoms. The third kappa shape index (κ3) is 4.42. The van der Waals surface area contributed by atoms with E-state index in [1.807, 2.05) is 0 Å². The van der Waals surface area contributed by atoms with Crippen molar-refractivity contribution in [3.63, 3.8) is 0 Å². The molecule has 0 fully saturated rings. The lowest BCUT2D eigenvalue weighted by atomic mass is 9.96. The molecule has 0 saturated carbocycles. The molecule has 3 aromatic rings. The zero-order valence-corrected chi connectivity index (χ0v) is 18.1. The summed E-state index contributed by atoms with van der Waals surface area (Å²) in [7, 11) is -3.55. The van der Waals surface area contributed by atoms with Crippen LogP contribution >= 0.6 is 11.6 Å². The van der Waals surface area contributed by atoms with Gasteiger partial charge in [-0.05, 0) is 29.8 Å². The van der Waals surface area contributed by atoms with Crippen molar-refractivity contribution in [1.29, 1.82) is 0 Å². The first-order chi connectivity index (χ1) is 14.8. The zero-order valence-electron chi connectivity index (χ0n) is 16.5. The zero-order chi connectivity index (χ0) is 23.9. The molecule has 0 spiro atoms. The second-order valence-corrected chi connectivity index (χ2v) is 9.37. The number of rotatable bonds is 6. The Balaban J connectivity index is 2.38. The molecule has 0 amide bonds. The summed E-state index contributed by atoms with van der Waals surface area (Å²) in [5, 5.41) is 4.28. The van der Waals surface area contributed by atoms with Gasteiger partial charge in [0.15, 0.2) is 9.84 Å². The molecule has 2 aromatic carbocycles. The van der Waals surface area contributed by atoms with Gasteiger partial charge in [0.25, 0.3) is 0 Å². The van der Waals surface area contributed by atoms with Gasteiger partial charge >= 0.3 is 12.1 Å². The Morgan fingerprint density at radius 3 is 2.00 bits per heavy atom. The fraction of sp³-hybridized carbons (Fsp3) is 0.190. The van der Waals surface area contributed by atoms with Crippen molar-refractivity contribution < 1.29 is 30.4 Å². The number of aromatic nitrogens is 2. The normalized spacial score (nSPS) is 12.7. The number of allylic oxidation sites excluding steroid dienone is 1. The van der Waals surface area contributed by atoms with E-state index in [9.17, 15) is 30.4 Å². The van der Waals surface area contributed by atoms with Crippen LogP contribution in [-0.2, 0) is 22.3 Å². The second kappa shape index (κ2) is 8.32. The van der Waals surface area contributed by atoms with Crippen LogP contribution in [0.15, 0.2) is 66.1 Å². The van der Waals surface area contributed by atoms with Crippen LogP contribution in [0.5, 0.6) is 0 Å². The van der Waals surface area contributed by atoms with E-state index in [1.165, 1.54) is 48.5 Å². The maximum atomic E-state index is 14.7. The molecular weight excluding hydrogens is 475 g/mol. The number of sulfone groups is 1. The first-order valence-corrected chi connectivity index (χ1v) is 11.3. The Morgan fingerprint density at radius 1 is 1.00 bits per heavy atom. The Hall–Kier alpha value is -2.72. The molecular formula is C21H16ClF5N2O2S. The lowest BCUT2D eigenvalue weighted by molar-refractivity contribution is -0.291. The average molecular weight is 491 g/mol. The lowest BCUT2D eigenvalue weighted by Crippen LogP contribution is -2.36. The molecule has 0 atom stereocenters. The Labute approximate surface area is 185 Å². The predicted molar refractivity (Wildman–Crippen MR) is 111 cm³/mol. The minimum absolute atomic E-state index is 0.0332. The number of hydrogen-bond acceptors (Lipinski definition) is 3. The van der Waals surface area contributed by atoms with Crippen molar-refractivity contribution >= 4 is 21.4 Å². The largest absolute Gasteiger partial charge is 0.459 e. The third-order valence-corrected chi connectivity index (χ3v) is 5.98. The highest BCUT2D eigenvalue weighted by Gasteiger charge is 2.62. The maximum absolute atomic E-state index is 14.7. The van der Waals surface area contributed by atoms with Crippen LogP contribution in [0.1, 0.15) is 5.69 Å². The number of hydrogen-bond donors (Lipinski definition) is 0. The van der Waals surface area contributed by atoms with Crippen molar-refractivity contribution in [2.24, 2.45) is 0 Å². The highest BCUT2D eigenvalue weighted by molar-refractivity contribution is 7.90. The molecule has 1 aromatic heterocycles. The number of nitrogens with zero attached hydrogens (tertiary/aromatic N) is 2. The summed E-state index contributed by atoms with van der Waals surface area (Å²) >= 11 is 5.85. The minimum atomic E-state index is -5.88. The summed E-state index contributed by atoms with van der Waals surface area (Å²) in [4.78, 5) is -0.0411. The molecule has 0 aliphatic rings. The topological polar surface area (TPSA) is 52.0 Å². The van der Waals surface area contributed by atoms with Crippen LogP contribution in [-0.4, -0.2) is 30.6 Å². The van der Waals surface area contributed by atoms with Crippen molar-refractivity contribution in [1.82, 2.24) is 9.78 Å². The predicted octanol–water partition coefficient (Wildman–Crippen LogP) is 6.11. The van der Waals surface area contributed by atoms with Crippen LogP contribution in [0.25, 0.3) is 22.4 Å². The molecule has 170 valence electrons. The molecule has 0 saturated heterocycles. The molecule has 0 bridgehead atoms. The van der Waals surface area contributed by atoms with Gasteiger partial charge in [-0.25, -0.2) is 8.42 Å². The number of alkyl halides is 5. The van der Waals surface area contributed by atoms with E-state index in [1.54, 1.807) is 0 Å². The van der Waals surface area contributed by atoms with Crippen LogP contribution in [0, 0.1) is 0 Å². The van der Waals surface area contributed by atoms with Gasteiger partial charge in [0, 0.05) is 22.4 Å². The highest BCUT2D eigenvalue weighted by Crippen LogP contribution is 2.49. The van der Waals surface area contributed by atoms with Crippen molar-refractivity contribution in [3.05, 3.63) is 71.9 Å². The quantitative estimate of drug-likeness (QED) is 0.309. The van der Waals surface area contributed by atoms with Gasteiger partial charge in [-0.3, -0.25) is 4.68 Å². The Bertz CT molecular complexity index is 1250. The summed E-state index contributed by atoms with van der Waals surface area (Å²) in [5.41, 5.74) is -1.78. The molecule has 0 radical (unpaired) electrons. The molecule has 0 N–H and O–H groups in total. The van der Waals surface area contributed by atoms with Crippen molar-refractivity contribution in [3.8, 4) is 22.4 Å². The Morgan fingerprint density at radius 2 is 1.53 bits per heavy atom. The van der Waals surface area contributed by atoms with Gasteiger partial charge in [0.1, 0.15) is 11.4 Å². The van der Waals surface area contributed by atoms with Crippen LogP contribution in [0.4, 0.5) is 22.0 Å². The first kappa shape index (κ1) is 23.9. The Kier molecular flexibility index (Phi) is 6.23. The summed E-state index contributed by atoms with van der Waals surface area (Å²) in [5.74, 6) is -5.23. The van der Waals surface area contributed by atoms with E-state index < -0.39 is 39.7 Å². The van der Waals surface area contributed by atoms with E-state index in [0.717, 1.165) is 12.3 Å². The fourth-order valence-electron chi connectivity index (χ4n) is 3.12. The van der Waals surface area contributed by atoms with Gasteiger partial charge < -0.3 is 0 Å². The van der Waals surface area contributed by atoms with E-state index in [2.05, 4.69) is 11.7 Å². The standard InChI is InChI=1S/C21H16ClF5N2O2S/c1-3-12-29-19(20(23,24)21(25,26)27)17(13-4-8-15(22)9-5-13)18(28-29)14-6-10-16(11-7-14)32(2,30)31/h3-11H,1,12H2,2H3. The summed E-state index contributed by atoms with van der Waals surface area (Å²) in [6.07, 6.45) is -3.75. The second-order valence-electron chi connectivity index (χ2n) is 6.92. The lowest BCUT2D eigenvalue weighted by Gasteiger charge is -2.22. The van der Waals surface area contributed by atoms with Crippen LogP contribution in [0.2, 0.25) is 5.02 Å². The summed E-state index contributed by atoms with van der Waals surface area (Å²) in [6, 6.07) is 10.4. The van der Waals surface area contributed by atoms with Crippen LogP contribution < -0.4 is 0 Å². The maximum Gasteiger partial charge on any atom is 0.459 e. The fourth-order valence-corrected chi connectivity index (χ4v) is 3.88. The summed E-state index contributed by atoms with van der Waals surface area (Å²) < 4.78 is 93.5. The molecule has 1 heterocycles. The van der Waals surface area contributed by atoms with Crippen LogP contribution in [0.3, 0.4) is 0 Å². The summed E-state index contributed by atoms with van der Waals surface area (Å²) in [6.45, 7) is 2.99. The SMILES string of the molecule is C=CCn1nc(-c2ccc(S(C)(=O)=O)cc2)c(-c2ccc(Cl)cc2)c1C(F)(F)C(F)(F)F. The highest BCUT2D eigenvalue weighted by atomic mass is 35.5. The molecule has 4 nitrogen and oxygen atoms in total. The monoisotopic (exact) mass is 490 g/mol. The van der Waals surface area contributed by atoms with Crippen molar-refractivity contribution in [2.45, 2.75) is 23.5 Å². The van der Waals surface area contributed by atoms with Crippen molar-refractivity contribution in [2.75, 3.05) is 6.26 Å². The van der Waals surface area contributed by atoms with Gasteiger partial charge in [0.2, 0.25) is 0 Å². The van der Waals surface area contributed by atoms with Gasteiger partial charge in [-0.2, -0.15) is 27.1 Å². The molecule has 0 unspecified atom stereocenters. The van der Waals surface area contributed by atoms with E-state index >= 15 is 0 Å². The smallest absolute Gasteiger partial charge is 0.258 e. The van der Waals surface area contributed by atoms with E-state index in [4.69, 9.17) is 11.6 Å².